The first-order valence-corrected chi connectivity index (χ1v) is 13.5. The fraction of sp³-hybridized carbons (Fsp3) is 0.519. The Kier molecular flexibility index (Phi) is 12.1. The summed E-state index contributed by atoms with van der Waals surface area (Å²) in [6, 6.07) is 12.3. The zero-order chi connectivity index (χ0) is 24.9. The summed E-state index contributed by atoms with van der Waals surface area (Å²) in [5.41, 5.74) is 5.04. The van der Waals surface area contributed by atoms with Crippen molar-refractivity contribution in [2.24, 2.45) is 33.7 Å². The normalized spacial score (nSPS) is 20.9. The fourth-order valence-corrected chi connectivity index (χ4v) is 4.01. The number of hydrogen-bond donors (Lipinski definition) is 1. The van der Waals surface area contributed by atoms with E-state index in [-0.39, 0.29) is 5.92 Å². The van der Waals surface area contributed by atoms with Crippen LogP contribution in [-0.4, -0.2) is 43.2 Å². The number of hydrogen-bond acceptors (Lipinski definition) is 7. The SMILES string of the molecule is CC.CC.CSc1ccc(-c2ccc(OCC3C4CN=CN=C(C(C)C)NOC[C@H]43)cc2)nc1. The summed E-state index contributed by atoms with van der Waals surface area (Å²) in [5.74, 6) is 3.35. The third-order valence-electron chi connectivity index (χ3n) is 5.67. The zero-order valence-electron chi connectivity index (χ0n) is 21.6. The number of benzene rings is 1. The van der Waals surface area contributed by atoms with Crippen molar-refractivity contribution in [1.82, 2.24) is 10.5 Å². The second-order valence-corrected chi connectivity index (χ2v) is 8.85. The minimum Gasteiger partial charge on any atom is -0.493 e. The number of thioether (sulfide) groups is 1. The van der Waals surface area contributed by atoms with Gasteiger partial charge in [0.2, 0.25) is 0 Å². The van der Waals surface area contributed by atoms with Crippen molar-refractivity contribution in [3.05, 3.63) is 42.6 Å². The van der Waals surface area contributed by atoms with Gasteiger partial charge in [0, 0.05) is 35.0 Å². The van der Waals surface area contributed by atoms with Gasteiger partial charge < -0.3 is 4.74 Å². The molecule has 2 aliphatic rings. The van der Waals surface area contributed by atoms with Crippen LogP contribution in [0.15, 0.2) is 57.5 Å². The topological polar surface area (TPSA) is 68.1 Å². The summed E-state index contributed by atoms with van der Waals surface area (Å²) in [7, 11) is 0. The highest BCUT2D eigenvalue weighted by Gasteiger charge is 2.50. The average molecular weight is 485 g/mol. The van der Waals surface area contributed by atoms with E-state index in [1.165, 1.54) is 0 Å². The number of aromatic nitrogens is 1. The summed E-state index contributed by atoms with van der Waals surface area (Å²) in [5, 5.41) is 0. The zero-order valence-corrected chi connectivity index (χ0v) is 22.4. The molecule has 0 radical (unpaired) electrons. The number of fused-ring (bicyclic) bond motifs is 1. The molecule has 2 aromatic rings. The number of aliphatic imine (C=N–C) groups is 2. The molecule has 0 saturated heterocycles. The molecule has 6 nitrogen and oxygen atoms in total. The van der Waals surface area contributed by atoms with Crippen LogP contribution in [0.2, 0.25) is 0 Å². The third-order valence-corrected chi connectivity index (χ3v) is 6.38. The van der Waals surface area contributed by atoms with Gasteiger partial charge in [0.1, 0.15) is 17.9 Å². The molecule has 0 bridgehead atoms. The summed E-state index contributed by atoms with van der Waals surface area (Å²) < 4.78 is 6.07. The van der Waals surface area contributed by atoms with Crippen LogP contribution in [0.3, 0.4) is 0 Å². The molecule has 34 heavy (non-hydrogen) atoms. The van der Waals surface area contributed by atoms with Crippen LogP contribution >= 0.6 is 11.8 Å². The first kappa shape index (κ1) is 27.9. The smallest absolute Gasteiger partial charge is 0.130 e. The van der Waals surface area contributed by atoms with Crippen LogP contribution in [0.4, 0.5) is 0 Å². The Morgan fingerprint density at radius 1 is 1.06 bits per heavy atom. The predicted molar refractivity (Wildman–Crippen MR) is 145 cm³/mol. The number of pyridine rings is 1. The summed E-state index contributed by atoms with van der Waals surface area (Å²) >= 11 is 1.69. The molecule has 1 saturated carbocycles. The third kappa shape index (κ3) is 7.84. The lowest BCUT2D eigenvalue weighted by molar-refractivity contribution is 0.0670. The molecule has 2 unspecified atom stereocenters. The van der Waals surface area contributed by atoms with E-state index in [0.29, 0.717) is 31.0 Å². The Labute approximate surface area is 209 Å². The highest BCUT2D eigenvalue weighted by Crippen LogP contribution is 2.47. The molecule has 1 aromatic heterocycles. The molecule has 4 rings (SSSR count). The molecule has 2 heterocycles. The fourth-order valence-electron chi connectivity index (χ4n) is 3.65. The van der Waals surface area contributed by atoms with E-state index in [4.69, 9.17) is 9.57 Å². The molecule has 7 heteroatoms. The lowest BCUT2D eigenvalue weighted by Gasteiger charge is -2.12. The van der Waals surface area contributed by atoms with Crippen molar-refractivity contribution in [1.29, 1.82) is 0 Å². The van der Waals surface area contributed by atoms with Crippen molar-refractivity contribution >= 4 is 23.9 Å². The largest absolute Gasteiger partial charge is 0.493 e. The number of rotatable bonds is 6. The molecular formula is C27H40N4O2S. The monoisotopic (exact) mass is 484 g/mol. The Morgan fingerprint density at radius 2 is 1.79 bits per heavy atom. The molecule has 1 aromatic carbocycles. The van der Waals surface area contributed by atoms with Gasteiger partial charge >= 0.3 is 0 Å². The van der Waals surface area contributed by atoms with E-state index in [1.807, 2.05) is 46.0 Å². The van der Waals surface area contributed by atoms with Crippen LogP contribution in [0, 0.1) is 23.7 Å². The first-order valence-electron chi connectivity index (χ1n) is 12.3. The van der Waals surface area contributed by atoms with Gasteiger partial charge in [0.15, 0.2) is 0 Å². The second-order valence-electron chi connectivity index (χ2n) is 7.97. The van der Waals surface area contributed by atoms with E-state index < -0.39 is 0 Å². The first-order chi connectivity index (χ1) is 16.7. The van der Waals surface area contributed by atoms with Gasteiger partial charge in [-0.15, -0.1) is 11.8 Å². The van der Waals surface area contributed by atoms with Crippen molar-refractivity contribution in [2.45, 2.75) is 46.4 Å². The van der Waals surface area contributed by atoms with Gasteiger partial charge in [-0.25, -0.2) is 4.99 Å². The minimum absolute atomic E-state index is 0.270. The number of nitrogens with zero attached hydrogens (tertiary/aromatic N) is 3. The predicted octanol–water partition coefficient (Wildman–Crippen LogP) is 6.38. The van der Waals surface area contributed by atoms with Crippen LogP contribution in [-0.2, 0) is 4.84 Å². The van der Waals surface area contributed by atoms with Crippen molar-refractivity contribution in [3.63, 3.8) is 0 Å². The lowest BCUT2D eigenvalue weighted by Crippen LogP contribution is -2.30. The summed E-state index contributed by atoms with van der Waals surface area (Å²) in [4.78, 5) is 20.2. The maximum atomic E-state index is 6.07. The van der Waals surface area contributed by atoms with Crippen molar-refractivity contribution < 1.29 is 9.57 Å². The number of nitrogens with one attached hydrogen (secondary N) is 1. The molecule has 1 aliphatic carbocycles. The average Bonchev–Trinajstić information content (AvgIpc) is 3.58. The molecule has 1 aliphatic heterocycles. The van der Waals surface area contributed by atoms with Gasteiger partial charge in [-0.05, 0) is 54.5 Å². The molecule has 0 amide bonds. The summed E-state index contributed by atoms with van der Waals surface area (Å²) in [6.07, 6.45) is 5.60. The lowest BCUT2D eigenvalue weighted by atomic mass is 10.1. The summed E-state index contributed by atoms with van der Waals surface area (Å²) in [6.45, 7) is 14.2. The van der Waals surface area contributed by atoms with E-state index in [1.54, 1.807) is 18.1 Å². The highest BCUT2D eigenvalue weighted by molar-refractivity contribution is 7.98. The Morgan fingerprint density at radius 3 is 2.41 bits per heavy atom. The van der Waals surface area contributed by atoms with Gasteiger partial charge in [-0.2, -0.15) is 0 Å². The molecule has 0 spiro atoms. The molecule has 3 atom stereocenters. The van der Waals surface area contributed by atoms with Crippen molar-refractivity contribution in [2.75, 3.05) is 26.0 Å². The van der Waals surface area contributed by atoms with Gasteiger partial charge in [0.25, 0.3) is 0 Å². The minimum atomic E-state index is 0.270. The van der Waals surface area contributed by atoms with Crippen LogP contribution in [0.25, 0.3) is 11.3 Å². The van der Waals surface area contributed by atoms with Gasteiger partial charge in [0.05, 0.1) is 18.9 Å². The quantitative estimate of drug-likeness (QED) is 0.482. The van der Waals surface area contributed by atoms with Crippen LogP contribution in [0.1, 0.15) is 41.5 Å². The Balaban J connectivity index is 0.000000970. The molecule has 186 valence electrons. The molecule has 1 fully saturated rings. The number of hydroxylamine groups is 1. The van der Waals surface area contributed by atoms with Crippen molar-refractivity contribution in [3.8, 4) is 17.0 Å². The van der Waals surface area contributed by atoms with E-state index in [9.17, 15) is 0 Å². The van der Waals surface area contributed by atoms with Gasteiger partial charge in [-0.3, -0.25) is 20.3 Å². The number of amidine groups is 1. The maximum Gasteiger partial charge on any atom is 0.130 e. The molecule has 1 N–H and O–H groups in total. The van der Waals surface area contributed by atoms with E-state index in [0.717, 1.165) is 34.3 Å². The second kappa shape index (κ2) is 14.8. The van der Waals surface area contributed by atoms with E-state index >= 15 is 0 Å². The standard InChI is InChI=1S/C23H28N4O2S.2C2H6/c1-15(2)23-26-14-24-11-19-20(21(19)13-29-27-23)12-28-17-6-4-16(5-7-17)22-9-8-18(30-3)10-25-22;2*1-2/h4-10,14-15,19-21H,11-13H2,1-3H3,(H,24,26,27);2*1-2H3/t19?,20?,21-;;/m1../s1. The Hall–Kier alpha value is -2.38. The molecular weight excluding hydrogens is 444 g/mol. The maximum absolute atomic E-state index is 6.07. The van der Waals surface area contributed by atoms with E-state index in [2.05, 4.69) is 64.8 Å². The Bertz CT molecular complexity index is 898. The highest BCUT2D eigenvalue weighted by atomic mass is 32.2. The van der Waals surface area contributed by atoms with Crippen LogP contribution < -0.4 is 10.2 Å². The van der Waals surface area contributed by atoms with Crippen LogP contribution in [0.5, 0.6) is 5.75 Å². The van der Waals surface area contributed by atoms with Gasteiger partial charge in [-0.1, -0.05) is 41.5 Å². The number of ether oxygens (including phenoxy) is 1.